The van der Waals surface area contributed by atoms with Gasteiger partial charge in [0.2, 0.25) is 11.6 Å². The molecule has 1 fully saturated rings. The van der Waals surface area contributed by atoms with Crippen LogP contribution in [0.5, 0.6) is 0 Å². The summed E-state index contributed by atoms with van der Waals surface area (Å²) in [7, 11) is 1.89. The number of amides is 2. The van der Waals surface area contributed by atoms with Crippen molar-refractivity contribution < 1.29 is 47.6 Å². The maximum atomic E-state index is 12.6. The summed E-state index contributed by atoms with van der Waals surface area (Å²) in [6, 6.07) is 5.70. The first kappa shape index (κ1) is 35.8. The highest BCUT2D eigenvalue weighted by Gasteiger charge is 2.28. The van der Waals surface area contributed by atoms with Crippen LogP contribution in [0, 0.1) is 0 Å². The third-order valence-electron chi connectivity index (χ3n) is 7.80. The molecule has 2 heterocycles. The second kappa shape index (κ2) is 22.5. The Morgan fingerprint density at radius 2 is 1.41 bits per heavy atom. The van der Waals surface area contributed by atoms with Gasteiger partial charge in [0.15, 0.2) is 6.20 Å². The molecule has 0 aromatic carbocycles. The van der Waals surface area contributed by atoms with E-state index < -0.39 is 6.09 Å². The van der Waals surface area contributed by atoms with Crippen LogP contribution in [-0.2, 0) is 27.9 Å². The number of aromatic nitrogens is 1. The third kappa shape index (κ3) is 16.0. The van der Waals surface area contributed by atoms with Crippen molar-refractivity contribution in [2.24, 2.45) is 7.05 Å². The highest BCUT2D eigenvalue weighted by molar-refractivity contribution is 5.90. The summed E-state index contributed by atoms with van der Waals surface area (Å²) in [4.78, 5) is 25.8. The van der Waals surface area contributed by atoms with Gasteiger partial charge in [-0.05, 0) is 19.3 Å². The summed E-state index contributed by atoms with van der Waals surface area (Å²) in [5, 5.41) is 0. The van der Waals surface area contributed by atoms with E-state index in [1.807, 2.05) is 36.0 Å². The fourth-order valence-corrected chi connectivity index (χ4v) is 5.29. The summed E-state index contributed by atoms with van der Waals surface area (Å²) in [5.74, 6) is -0.322. The highest BCUT2D eigenvalue weighted by Crippen LogP contribution is 2.25. The van der Waals surface area contributed by atoms with Crippen molar-refractivity contribution in [3.8, 4) is 0 Å². The quantitative estimate of drug-likeness (QED) is 0.115. The van der Waals surface area contributed by atoms with E-state index >= 15 is 0 Å². The normalized spacial score (nSPS) is 16.6. The second-order valence-electron chi connectivity index (χ2n) is 11.2. The molecule has 2 rings (SSSR count). The lowest BCUT2D eigenvalue weighted by molar-refractivity contribution is -0.679. The van der Waals surface area contributed by atoms with Gasteiger partial charge in [0.05, 0.1) is 12.2 Å². The summed E-state index contributed by atoms with van der Waals surface area (Å²) >= 11 is 0. The minimum absolute atomic E-state index is 0. The van der Waals surface area contributed by atoms with Crippen molar-refractivity contribution in [3.05, 3.63) is 30.1 Å². The van der Waals surface area contributed by atoms with Crippen LogP contribution in [0.1, 0.15) is 135 Å². The molecule has 2 atom stereocenters. The number of hydrogen-bond donors (Lipinski definition) is 0. The van der Waals surface area contributed by atoms with E-state index in [1.165, 1.54) is 103 Å². The smallest absolute Gasteiger partial charge is 0.417 e. The Balaban J connectivity index is 0.00000760. The molecule has 39 heavy (non-hydrogen) atoms. The molecule has 0 saturated carbocycles. The Morgan fingerprint density at radius 3 is 1.95 bits per heavy atom. The molecular weight excluding hydrogens is 603 g/mol. The molecule has 1 aromatic heterocycles. The fourth-order valence-electron chi connectivity index (χ4n) is 5.29. The van der Waals surface area contributed by atoms with E-state index in [1.54, 1.807) is 0 Å². The lowest BCUT2D eigenvalue weighted by Crippen LogP contribution is -3.00. The van der Waals surface area contributed by atoms with Crippen LogP contribution in [0.15, 0.2) is 24.4 Å². The molecule has 2 unspecified atom stereocenters. The Bertz CT molecular complexity index is 791. The van der Waals surface area contributed by atoms with Crippen molar-refractivity contribution in [2.75, 3.05) is 6.61 Å². The van der Waals surface area contributed by atoms with Gasteiger partial charge in [-0.3, -0.25) is 4.79 Å². The number of pyridine rings is 1. The maximum Gasteiger partial charge on any atom is 0.417 e. The molecule has 1 aliphatic heterocycles. The SMILES string of the molecule is CCCCCCCCCCCCCCCCCC1CCC(COC(=O)N(Cc2cccc[n+]2C)C(C)=O)O1.[I-]. The van der Waals surface area contributed by atoms with Gasteiger partial charge in [-0.2, -0.15) is 0 Å². The number of halogens is 1. The molecular formula is C32H55IN2O4. The van der Waals surface area contributed by atoms with Gasteiger partial charge in [-0.15, -0.1) is 0 Å². The molecule has 2 amide bonds. The standard InChI is InChI=1S/C32H55N2O4.HI/c1-4-5-6-7-8-9-10-11-12-13-14-15-16-17-18-22-30-23-24-31(38-30)27-37-32(36)34(28(2)35)26-29-21-19-20-25-33(29)3;/h19-21,25,30-31H,4-18,22-24,26-27H2,1-3H3;1H/q+1;/p-1. The molecule has 0 radical (unpaired) electrons. The summed E-state index contributed by atoms with van der Waals surface area (Å²) in [6.07, 6.45) is 25.2. The lowest BCUT2D eigenvalue weighted by atomic mass is 10.0. The van der Waals surface area contributed by atoms with E-state index in [4.69, 9.17) is 9.47 Å². The summed E-state index contributed by atoms with van der Waals surface area (Å²) in [5.41, 5.74) is 0.861. The molecule has 0 bridgehead atoms. The zero-order valence-corrected chi connectivity index (χ0v) is 27.2. The number of imide groups is 1. The molecule has 1 aromatic rings. The third-order valence-corrected chi connectivity index (χ3v) is 7.80. The van der Waals surface area contributed by atoms with Gasteiger partial charge < -0.3 is 33.5 Å². The minimum Gasteiger partial charge on any atom is -1.00 e. The van der Waals surface area contributed by atoms with Crippen LogP contribution in [0.25, 0.3) is 0 Å². The Morgan fingerprint density at radius 1 is 0.872 bits per heavy atom. The number of hydrogen-bond acceptors (Lipinski definition) is 4. The zero-order valence-electron chi connectivity index (χ0n) is 25.0. The van der Waals surface area contributed by atoms with Gasteiger partial charge in [0.1, 0.15) is 20.2 Å². The van der Waals surface area contributed by atoms with Crippen LogP contribution in [-0.4, -0.2) is 35.7 Å². The topological polar surface area (TPSA) is 59.7 Å². The van der Waals surface area contributed by atoms with Crippen LogP contribution >= 0.6 is 0 Å². The fraction of sp³-hybridized carbons (Fsp3) is 0.781. The lowest BCUT2D eigenvalue weighted by Gasteiger charge is -2.19. The van der Waals surface area contributed by atoms with E-state index in [9.17, 15) is 9.59 Å². The molecule has 7 heteroatoms. The minimum atomic E-state index is -0.601. The number of rotatable bonds is 20. The number of aryl methyl sites for hydroxylation is 1. The summed E-state index contributed by atoms with van der Waals surface area (Å²) in [6.45, 7) is 4.07. The van der Waals surface area contributed by atoms with Crippen molar-refractivity contribution in [3.63, 3.8) is 0 Å². The Kier molecular flexibility index (Phi) is 20.6. The highest BCUT2D eigenvalue weighted by atomic mass is 127. The molecule has 0 N–H and O–H groups in total. The number of ether oxygens (including phenoxy) is 2. The molecule has 224 valence electrons. The number of nitrogens with zero attached hydrogens (tertiary/aromatic N) is 2. The number of unbranched alkanes of at least 4 members (excludes halogenated alkanes) is 14. The average molecular weight is 659 g/mol. The van der Waals surface area contributed by atoms with Crippen molar-refractivity contribution in [2.45, 2.75) is 148 Å². The van der Waals surface area contributed by atoms with E-state index in [0.717, 1.165) is 29.9 Å². The predicted octanol–water partition coefficient (Wildman–Crippen LogP) is 4.81. The second-order valence-corrected chi connectivity index (χ2v) is 11.2. The van der Waals surface area contributed by atoms with Crippen molar-refractivity contribution in [1.29, 1.82) is 0 Å². The van der Waals surface area contributed by atoms with E-state index in [0.29, 0.717) is 0 Å². The Hall–Kier alpha value is -1.22. The first-order valence-electron chi connectivity index (χ1n) is 15.5. The molecule has 1 aliphatic rings. The Labute approximate surface area is 255 Å². The average Bonchev–Trinajstić information content (AvgIpc) is 3.36. The van der Waals surface area contributed by atoms with Crippen LogP contribution < -0.4 is 28.5 Å². The van der Waals surface area contributed by atoms with Crippen molar-refractivity contribution >= 4 is 12.0 Å². The summed E-state index contributed by atoms with van der Waals surface area (Å²) < 4.78 is 13.5. The first-order chi connectivity index (χ1) is 18.5. The van der Waals surface area contributed by atoms with Gasteiger partial charge in [-0.25, -0.2) is 14.3 Å². The van der Waals surface area contributed by atoms with Crippen LogP contribution in [0.4, 0.5) is 4.79 Å². The van der Waals surface area contributed by atoms with Crippen molar-refractivity contribution in [1.82, 2.24) is 4.90 Å². The largest absolute Gasteiger partial charge is 1.00 e. The molecule has 0 aliphatic carbocycles. The van der Waals surface area contributed by atoms with E-state index in [-0.39, 0.29) is 55.2 Å². The predicted molar refractivity (Wildman–Crippen MR) is 153 cm³/mol. The van der Waals surface area contributed by atoms with Gasteiger partial charge in [0, 0.05) is 19.1 Å². The van der Waals surface area contributed by atoms with Crippen LogP contribution in [0.2, 0.25) is 0 Å². The zero-order chi connectivity index (χ0) is 27.4. The van der Waals surface area contributed by atoms with Crippen LogP contribution in [0.3, 0.4) is 0 Å². The van der Waals surface area contributed by atoms with Gasteiger partial charge in [0.25, 0.3) is 0 Å². The molecule has 6 nitrogen and oxygen atoms in total. The number of carbonyl (C=O) groups is 2. The molecule has 0 spiro atoms. The van der Waals surface area contributed by atoms with Gasteiger partial charge in [-0.1, -0.05) is 109 Å². The number of carbonyl (C=O) groups excluding carboxylic acids is 2. The first-order valence-corrected chi connectivity index (χ1v) is 15.5. The van der Waals surface area contributed by atoms with E-state index in [2.05, 4.69) is 6.92 Å². The monoisotopic (exact) mass is 658 g/mol. The maximum absolute atomic E-state index is 12.6. The van der Waals surface area contributed by atoms with Gasteiger partial charge >= 0.3 is 6.09 Å². The molecule has 1 saturated heterocycles.